The van der Waals surface area contributed by atoms with Crippen LogP contribution >= 0.6 is 0 Å². The number of benzene rings is 6. The van der Waals surface area contributed by atoms with Gasteiger partial charge in [0.2, 0.25) is 6.40 Å². The molecule has 1 aliphatic carbocycles. The van der Waals surface area contributed by atoms with Gasteiger partial charge in [0.15, 0.2) is 11.5 Å². The van der Waals surface area contributed by atoms with Crippen LogP contribution in [0.1, 0.15) is 62.5 Å². The number of aromatic hydroxyl groups is 1. The highest BCUT2D eigenvalue weighted by molar-refractivity contribution is 6.30. The highest BCUT2D eigenvalue weighted by Gasteiger charge is 2.32. The number of hydrogen-bond donors (Lipinski definition) is 2. The topological polar surface area (TPSA) is 102 Å². The Bertz CT molecular complexity index is 2630. The minimum absolute atomic E-state index is 0.00186. The molecule has 0 radical (unpaired) electrons. The highest BCUT2D eigenvalue weighted by atomic mass is 17.2. The molecule has 8 rings (SSSR count). The minimum Gasteiger partial charge on any atom is -0.508 e. The van der Waals surface area contributed by atoms with Crippen molar-refractivity contribution in [3.05, 3.63) is 156 Å². The third kappa shape index (κ3) is 7.67. The van der Waals surface area contributed by atoms with E-state index in [9.17, 15) is 9.90 Å². The predicted molar refractivity (Wildman–Crippen MR) is 227 cm³/mol. The Hall–Kier alpha value is -6.93. The van der Waals surface area contributed by atoms with Crippen molar-refractivity contribution in [3.8, 4) is 45.4 Å². The summed E-state index contributed by atoms with van der Waals surface area (Å²) in [6, 6.07) is 41.4. The number of anilines is 2. The Balaban J connectivity index is 1.33. The van der Waals surface area contributed by atoms with Crippen molar-refractivity contribution in [1.29, 1.82) is 0 Å². The van der Waals surface area contributed by atoms with Gasteiger partial charge in [-0.05, 0) is 76.9 Å². The monoisotopic (exact) mass is 753 g/mol. The number of phenolic OH excluding ortho intramolecular Hbond substituents is 1. The molecule has 6 aromatic carbocycles. The Morgan fingerprint density at radius 1 is 0.719 bits per heavy atom. The molecule has 0 bridgehead atoms. The lowest BCUT2D eigenvalue weighted by Crippen LogP contribution is -2.24. The second kappa shape index (κ2) is 15.0. The Morgan fingerprint density at radius 2 is 1.40 bits per heavy atom. The van der Waals surface area contributed by atoms with Crippen molar-refractivity contribution in [3.63, 3.8) is 0 Å². The number of pyridine rings is 1. The van der Waals surface area contributed by atoms with Gasteiger partial charge in [0.25, 0.3) is 0 Å². The van der Waals surface area contributed by atoms with Gasteiger partial charge >= 0.3 is 0 Å². The van der Waals surface area contributed by atoms with Crippen LogP contribution in [0.25, 0.3) is 33.2 Å². The average molecular weight is 754 g/mol. The van der Waals surface area contributed by atoms with Gasteiger partial charge in [-0.2, -0.15) is 0 Å². The fourth-order valence-electron chi connectivity index (χ4n) is 7.96. The lowest BCUT2D eigenvalue weighted by atomic mass is 9.72. The molecule has 1 aromatic heterocycles. The van der Waals surface area contributed by atoms with E-state index in [-0.39, 0.29) is 22.4 Å². The van der Waals surface area contributed by atoms with Crippen LogP contribution in [0.2, 0.25) is 0 Å². The Labute approximate surface area is 332 Å². The molecule has 8 nitrogen and oxygen atoms in total. The fourth-order valence-corrected chi connectivity index (χ4v) is 7.96. The molecule has 284 valence electrons. The molecule has 2 N–H and O–H groups in total. The third-order valence-corrected chi connectivity index (χ3v) is 10.1. The molecule has 1 heterocycles. The first-order valence-corrected chi connectivity index (χ1v) is 18.9. The van der Waals surface area contributed by atoms with Crippen LogP contribution in [0.3, 0.4) is 0 Å². The second-order valence-corrected chi connectivity index (χ2v) is 16.1. The van der Waals surface area contributed by atoms with Gasteiger partial charge in [-0.3, -0.25) is 19.6 Å². The van der Waals surface area contributed by atoms with Gasteiger partial charge in [-0.25, -0.2) is 4.99 Å². The Kier molecular flexibility index (Phi) is 9.71. The summed E-state index contributed by atoms with van der Waals surface area (Å²) >= 11 is 0. The molecule has 0 unspecified atom stereocenters. The maximum absolute atomic E-state index is 14.7. The molecule has 0 spiro atoms. The van der Waals surface area contributed by atoms with Gasteiger partial charge in [0.05, 0.1) is 28.0 Å². The molecule has 8 heteroatoms. The lowest BCUT2D eigenvalue weighted by Gasteiger charge is -2.33. The van der Waals surface area contributed by atoms with Crippen LogP contribution in [0.15, 0.2) is 145 Å². The van der Waals surface area contributed by atoms with E-state index < -0.39 is 0 Å². The fraction of sp³-hybridized carbons (Fsp3) is 0.163. The van der Waals surface area contributed by atoms with Crippen LogP contribution in [-0.4, -0.2) is 22.3 Å². The number of ketones is 1. The number of carbonyl (C=O) groups excluding carboxylic acids is 1. The molecule has 0 saturated heterocycles. The van der Waals surface area contributed by atoms with Gasteiger partial charge in [0.1, 0.15) is 17.2 Å². The molecule has 0 atom stereocenters. The first-order valence-electron chi connectivity index (χ1n) is 18.9. The average Bonchev–Trinajstić information content (AvgIpc) is 3.19. The van der Waals surface area contributed by atoms with Crippen LogP contribution in [0.5, 0.6) is 23.0 Å². The Morgan fingerprint density at radius 3 is 2.12 bits per heavy atom. The van der Waals surface area contributed by atoms with E-state index in [1.807, 2.05) is 91.0 Å². The molecule has 0 aliphatic heterocycles. The zero-order valence-electron chi connectivity index (χ0n) is 32.5. The number of nitrogens with one attached hydrogen (secondary N) is 1. The van der Waals surface area contributed by atoms with E-state index in [2.05, 4.69) is 57.1 Å². The molecule has 57 heavy (non-hydrogen) atoms. The largest absolute Gasteiger partial charge is 0.508 e. The summed E-state index contributed by atoms with van der Waals surface area (Å²) in [5, 5.41) is 15.5. The predicted octanol–water partition coefficient (Wildman–Crippen LogP) is 12.7. The van der Waals surface area contributed by atoms with Gasteiger partial charge < -0.3 is 15.2 Å². The van der Waals surface area contributed by atoms with E-state index in [1.54, 1.807) is 30.5 Å². The third-order valence-electron chi connectivity index (χ3n) is 10.1. The smallest absolute Gasteiger partial charge is 0.233 e. The summed E-state index contributed by atoms with van der Waals surface area (Å²) in [5.74, 6) is 1.49. The van der Waals surface area contributed by atoms with Crippen molar-refractivity contribution in [2.75, 3.05) is 5.32 Å². The number of rotatable bonds is 11. The molecule has 0 amide bonds. The van der Waals surface area contributed by atoms with Gasteiger partial charge in [-0.1, -0.05) is 107 Å². The number of aliphatic imine (C=N–C) groups is 1. The van der Waals surface area contributed by atoms with Crippen LogP contribution in [0, 0.1) is 5.41 Å². The maximum Gasteiger partial charge on any atom is 0.233 e. The number of ether oxygens (including phenoxy) is 1. The van der Waals surface area contributed by atoms with E-state index in [1.165, 1.54) is 11.6 Å². The maximum atomic E-state index is 14.7. The van der Waals surface area contributed by atoms with Crippen molar-refractivity contribution in [1.82, 2.24) is 4.98 Å². The normalized spacial score (nSPS) is 12.4. The summed E-state index contributed by atoms with van der Waals surface area (Å²) in [7, 11) is 0. The molecule has 1 aliphatic rings. The van der Waals surface area contributed by atoms with Gasteiger partial charge in [-0.15, -0.1) is 0 Å². The highest BCUT2D eigenvalue weighted by Crippen LogP contribution is 2.51. The summed E-state index contributed by atoms with van der Waals surface area (Å²) in [6.45, 7) is 11.3. The van der Waals surface area contributed by atoms with E-state index in [0.717, 1.165) is 29.6 Å². The molecular weight excluding hydrogens is 711 g/mol. The first kappa shape index (κ1) is 37.0. The minimum atomic E-state index is -0.119. The number of aromatic nitrogens is 1. The lowest BCUT2D eigenvalue weighted by molar-refractivity contribution is -0.109. The van der Waals surface area contributed by atoms with Crippen molar-refractivity contribution >= 4 is 40.0 Å². The van der Waals surface area contributed by atoms with Crippen molar-refractivity contribution < 1.29 is 24.4 Å². The van der Waals surface area contributed by atoms with Crippen molar-refractivity contribution in [2.45, 2.75) is 46.5 Å². The summed E-state index contributed by atoms with van der Waals surface area (Å²) in [6.07, 6.45) is 3.97. The number of hydrogen-bond acceptors (Lipinski definition) is 8. The zero-order valence-corrected chi connectivity index (χ0v) is 32.5. The van der Waals surface area contributed by atoms with Crippen LogP contribution < -0.4 is 14.9 Å². The second-order valence-electron chi connectivity index (χ2n) is 16.1. The van der Waals surface area contributed by atoms with Crippen molar-refractivity contribution in [2.24, 2.45) is 10.4 Å². The number of fused-ring (bicyclic) bond motifs is 2. The molecule has 7 aromatic rings. The van der Waals surface area contributed by atoms with E-state index in [0.29, 0.717) is 61.8 Å². The van der Waals surface area contributed by atoms with E-state index >= 15 is 0 Å². The number of carbonyl (C=O) groups is 1. The first-order chi connectivity index (χ1) is 27.4. The summed E-state index contributed by atoms with van der Waals surface area (Å²) < 4.78 is 6.89. The van der Waals surface area contributed by atoms with Crippen LogP contribution in [0.4, 0.5) is 17.1 Å². The molecule has 0 saturated carbocycles. The summed E-state index contributed by atoms with van der Waals surface area (Å²) in [5.41, 5.74) is 6.83. The molecular formula is C49H43N3O5. The number of para-hydroxylation sites is 2. The van der Waals surface area contributed by atoms with Crippen LogP contribution in [-0.2, 0) is 10.3 Å². The quantitative estimate of drug-likeness (QED) is 0.0587. The number of phenols is 1. The SMILES string of the molecule is CC(C)(C)CC(C)(C)c1ccc(Oc2cc(Nc3ccccc3)c3c4c(cnc(-c5ccc(O)cc5N=COOc5ccccc5)c24)-c2ccccc2C3=O)cc1. The van der Waals surface area contributed by atoms with Gasteiger partial charge in [0, 0.05) is 46.1 Å². The van der Waals surface area contributed by atoms with E-state index in [4.69, 9.17) is 19.5 Å². The summed E-state index contributed by atoms with van der Waals surface area (Å²) in [4.78, 5) is 35.0. The number of nitrogens with zero attached hydrogens (tertiary/aromatic N) is 2. The zero-order chi connectivity index (χ0) is 39.7. The molecule has 0 fully saturated rings. The standard InChI is InChI=1S/C49H43N3O5/c1-48(2,3)29-49(4,5)31-20-23-34(24-21-31)56-42-27-41(52-32-14-8-6-9-15-32)44-43-39(36-18-12-13-19-37(36)47(44)54)28-50-46(45(42)43)38-25-22-33(53)26-40(38)51-30-55-57-35-16-10-7-11-17-35/h6-28,30,52-53H,29H2,1-5H3.